The number of aryl methyl sites for hydroxylation is 1. The number of benzene rings is 2. The lowest BCUT2D eigenvalue weighted by atomic mass is 9.89. The first-order chi connectivity index (χ1) is 20.0. The Morgan fingerprint density at radius 3 is 2.61 bits per heavy atom. The van der Waals surface area contributed by atoms with Crippen molar-refractivity contribution in [3.8, 4) is 0 Å². The Morgan fingerprint density at radius 2 is 1.80 bits per heavy atom. The van der Waals surface area contributed by atoms with E-state index >= 15 is 0 Å². The second-order valence-electron chi connectivity index (χ2n) is 10.6. The molecule has 1 aliphatic rings. The average molecular weight is 585 g/mol. The van der Waals surface area contributed by atoms with Crippen LogP contribution in [0.4, 0.5) is 0 Å². The molecule has 0 aliphatic heterocycles. The van der Waals surface area contributed by atoms with Crippen LogP contribution in [0.3, 0.4) is 0 Å². The van der Waals surface area contributed by atoms with E-state index in [1.807, 2.05) is 12.3 Å². The van der Waals surface area contributed by atoms with E-state index in [1.165, 1.54) is 40.2 Å². The van der Waals surface area contributed by atoms with Crippen LogP contribution in [0.5, 0.6) is 0 Å². The predicted octanol–water partition coefficient (Wildman–Crippen LogP) is 7.84. The summed E-state index contributed by atoms with van der Waals surface area (Å²) in [7, 11) is 0. The van der Waals surface area contributed by atoms with E-state index in [0.717, 1.165) is 36.9 Å². The Labute approximate surface area is 249 Å². The van der Waals surface area contributed by atoms with E-state index in [2.05, 4.69) is 87.9 Å². The number of nitrogens with zero attached hydrogens (tertiary/aromatic N) is 3. The molecule has 5 aromatic rings. The molecule has 1 aliphatic carbocycles. The van der Waals surface area contributed by atoms with Gasteiger partial charge in [0.1, 0.15) is 0 Å². The van der Waals surface area contributed by atoms with Gasteiger partial charge < -0.3 is 10.3 Å². The van der Waals surface area contributed by atoms with E-state index in [4.69, 9.17) is 28.2 Å². The fourth-order valence-electron chi connectivity index (χ4n) is 5.92. The Bertz CT molecular complexity index is 1660. The quantitative estimate of drug-likeness (QED) is 0.195. The molecule has 0 fully saturated rings. The molecule has 6 nitrogen and oxygen atoms in total. The zero-order valence-corrected chi connectivity index (χ0v) is 24.3. The van der Waals surface area contributed by atoms with Crippen LogP contribution in [-0.2, 0) is 19.5 Å². The van der Waals surface area contributed by atoms with Crippen molar-refractivity contribution >= 4 is 40.0 Å². The number of carbonyl (C=O) groups is 1. The van der Waals surface area contributed by atoms with Crippen molar-refractivity contribution < 1.29 is 4.79 Å². The summed E-state index contributed by atoms with van der Waals surface area (Å²) in [4.78, 5) is 27.5. The van der Waals surface area contributed by atoms with E-state index in [1.54, 1.807) is 0 Å². The van der Waals surface area contributed by atoms with Crippen LogP contribution in [-0.4, -0.2) is 25.8 Å². The maximum absolute atomic E-state index is 12.7. The van der Waals surface area contributed by atoms with Crippen LogP contribution in [0.1, 0.15) is 70.2 Å². The molecular weight excluding hydrogens is 553 g/mol. The van der Waals surface area contributed by atoms with Crippen molar-refractivity contribution in [1.29, 1.82) is 0 Å². The molecule has 0 saturated carbocycles. The zero-order chi connectivity index (χ0) is 28.3. The number of hydrogen-bond donors (Lipinski definition) is 2. The van der Waals surface area contributed by atoms with Gasteiger partial charge in [-0.1, -0.05) is 71.7 Å². The first kappa shape index (κ1) is 27.5. The maximum Gasteiger partial charge on any atom is 0.254 e. The Hall–Kier alpha value is -3.71. The minimum atomic E-state index is -0.325. The molecule has 6 rings (SSSR count). The smallest absolute Gasteiger partial charge is 0.254 e. The van der Waals surface area contributed by atoms with Gasteiger partial charge in [0.05, 0.1) is 27.3 Å². The number of pyridine rings is 2. The Morgan fingerprint density at radius 1 is 1.05 bits per heavy atom. The van der Waals surface area contributed by atoms with Gasteiger partial charge >= 0.3 is 0 Å². The fourth-order valence-corrected chi connectivity index (χ4v) is 6.45. The van der Waals surface area contributed by atoms with Gasteiger partial charge in [-0.3, -0.25) is 19.7 Å². The highest BCUT2D eigenvalue weighted by Gasteiger charge is 2.31. The second-order valence-corrected chi connectivity index (χ2v) is 11.4. The van der Waals surface area contributed by atoms with Crippen LogP contribution < -0.4 is 5.32 Å². The summed E-state index contributed by atoms with van der Waals surface area (Å²) in [5.74, 6) is -0.325. The molecule has 0 radical (unpaired) electrons. The van der Waals surface area contributed by atoms with Gasteiger partial charge in [-0.05, 0) is 60.6 Å². The number of nitrogens with one attached hydrogen (secondary N) is 2. The summed E-state index contributed by atoms with van der Waals surface area (Å²) in [6.45, 7) is 3.44. The van der Waals surface area contributed by atoms with Crippen LogP contribution >= 0.6 is 23.2 Å². The average Bonchev–Trinajstić information content (AvgIpc) is 3.43. The summed E-state index contributed by atoms with van der Waals surface area (Å²) in [6.07, 6.45) is 10.2. The second kappa shape index (κ2) is 12.0. The lowest BCUT2D eigenvalue weighted by Crippen LogP contribution is -2.34. The minimum absolute atomic E-state index is 0.165. The summed E-state index contributed by atoms with van der Waals surface area (Å²) >= 11 is 12.3. The number of aromatic nitrogens is 3. The molecule has 8 heteroatoms. The fraction of sp³-hybridized carbons (Fsp3) is 0.242. The molecule has 0 spiro atoms. The third-order valence-corrected chi connectivity index (χ3v) is 8.63. The summed E-state index contributed by atoms with van der Waals surface area (Å²) in [6, 6.07) is 21.5. The number of amides is 1. The van der Waals surface area contributed by atoms with Gasteiger partial charge in [-0.2, -0.15) is 0 Å². The lowest BCUT2D eigenvalue weighted by Gasteiger charge is -2.39. The van der Waals surface area contributed by atoms with Crippen LogP contribution in [0.15, 0.2) is 85.5 Å². The van der Waals surface area contributed by atoms with Crippen molar-refractivity contribution in [2.24, 2.45) is 0 Å². The molecule has 1 amide bonds. The van der Waals surface area contributed by atoms with Gasteiger partial charge in [-0.25, -0.2) is 0 Å². The van der Waals surface area contributed by atoms with Gasteiger partial charge in [0.15, 0.2) is 0 Å². The number of rotatable bonds is 8. The SMILES string of the molecule is CC(c1c[nH]c2ccccc12)N(Cc1ccc(CNC(=O)c2c(Cl)cncc2Cl)cc1)C1CCCc2cccnc21. The molecule has 2 unspecified atom stereocenters. The van der Waals surface area contributed by atoms with Crippen LogP contribution in [0.2, 0.25) is 10.0 Å². The minimum Gasteiger partial charge on any atom is -0.361 e. The van der Waals surface area contributed by atoms with Gasteiger partial charge in [0.25, 0.3) is 5.91 Å². The van der Waals surface area contributed by atoms with Gasteiger partial charge in [0, 0.05) is 54.8 Å². The molecular formula is C33H31Cl2N5O. The standard InChI is InChI=1S/C33H31Cl2N5O/c1-21(26-17-38-29-9-3-2-8-25(26)29)40(30-10-4-6-24-7-5-15-37-32(24)30)20-23-13-11-22(12-14-23)16-39-33(41)31-27(34)18-36-19-28(31)35/h2-3,5,7-9,11-15,17-19,21,30,38H,4,6,10,16,20H2,1H3,(H,39,41). The van der Waals surface area contributed by atoms with Gasteiger partial charge in [0.2, 0.25) is 0 Å². The van der Waals surface area contributed by atoms with Crippen molar-refractivity contribution in [3.63, 3.8) is 0 Å². The third kappa shape index (κ3) is 5.73. The number of hydrogen-bond acceptors (Lipinski definition) is 4. The predicted molar refractivity (Wildman–Crippen MR) is 164 cm³/mol. The number of H-pyrrole nitrogens is 1. The van der Waals surface area contributed by atoms with Crippen molar-refractivity contribution in [1.82, 2.24) is 25.2 Å². The van der Waals surface area contributed by atoms with E-state index < -0.39 is 0 Å². The van der Waals surface area contributed by atoms with E-state index in [0.29, 0.717) is 6.54 Å². The van der Waals surface area contributed by atoms with E-state index in [9.17, 15) is 4.79 Å². The molecule has 0 bridgehead atoms. The molecule has 0 saturated heterocycles. The van der Waals surface area contributed by atoms with Crippen molar-refractivity contribution in [2.75, 3.05) is 0 Å². The van der Waals surface area contributed by atoms with Crippen molar-refractivity contribution in [2.45, 2.75) is 51.4 Å². The third-order valence-electron chi connectivity index (χ3n) is 8.06. The summed E-state index contributed by atoms with van der Waals surface area (Å²) in [5.41, 5.74) is 7.41. The number of carbonyl (C=O) groups excluding carboxylic acids is 1. The van der Waals surface area contributed by atoms with E-state index in [-0.39, 0.29) is 33.6 Å². The molecule has 3 aromatic heterocycles. The van der Waals surface area contributed by atoms with Crippen LogP contribution in [0, 0.1) is 0 Å². The molecule has 208 valence electrons. The Kier molecular flexibility index (Phi) is 8.06. The van der Waals surface area contributed by atoms with Gasteiger partial charge in [-0.15, -0.1) is 0 Å². The van der Waals surface area contributed by atoms with Crippen molar-refractivity contribution in [3.05, 3.63) is 129 Å². The Balaban J connectivity index is 1.24. The maximum atomic E-state index is 12.7. The topological polar surface area (TPSA) is 73.9 Å². The number of halogens is 2. The normalized spacial score (nSPS) is 15.6. The first-order valence-electron chi connectivity index (χ1n) is 13.9. The largest absolute Gasteiger partial charge is 0.361 e. The summed E-state index contributed by atoms with van der Waals surface area (Å²) in [5, 5.41) is 4.63. The molecule has 2 aromatic carbocycles. The number of fused-ring (bicyclic) bond motifs is 2. The summed E-state index contributed by atoms with van der Waals surface area (Å²) < 4.78 is 0. The number of aromatic amines is 1. The first-order valence-corrected chi connectivity index (χ1v) is 14.7. The zero-order valence-electron chi connectivity index (χ0n) is 22.8. The highest BCUT2D eigenvalue weighted by molar-refractivity contribution is 6.39. The van der Waals surface area contributed by atoms with Crippen LogP contribution in [0.25, 0.3) is 10.9 Å². The molecule has 2 atom stereocenters. The highest BCUT2D eigenvalue weighted by atomic mass is 35.5. The highest BCUT2D eigenvalue weighted by Crippen LogP contribution is 2.40. The molecule has 41 heavy (non-hydrogen) atoms. The molecule has 3 heterocycles. The molecule has 2 N–H and O–H groups in total. The lowest BCUT2D eigenvalue weighted by molar-refractivity contribution is 0.0951. The monoisotopic (exact) mass is 583 g/mol. The number of para-hydroxylation sites is 1.